The average molecular weight is 180 g/mol. The van der Waals surface area contributed by atoms with Gasteiger partial charge in [-0.15, -0.1) is 0 Å². The molecule has 13 heavy (non-hydrogen) atoms. The molecule has 0 amide bonds. The molecule has 1 heteroatoms. The Morgan fingerprint density at radius 2 is 1.85 bits per heavy atom. The summed E-state index contributed by atoms with van der Waals surface area (Å²) in [6, 6.07) is 0. The highest BCUT2D eigenvalue weighted by molar-refractivity contribution is 5.57. The summed E-state index contributed by atoms with van der Waals surface area (Å²) in [5.74, 6) is 0. The van der Waals surface area contributed by atoms with Crippen LogP contribution < -0.4 is 0 Å². The van der Waals surface area contributed by atoms with Crippen LogP contribution in [0.15, 0.2) is 11.1 Å². The lowest BCUT2D eigenvalue weighted by atomic mass is 9.67. The molecule has 1 aliphatic rings. The Hall–Kier alpha value is -0.590. The van der Waals surface area contributed by atoms with Gasteiger partial charge in [-0.05, 0) is 24.2 Å². The van der Waals surface area contributed by atoms with E-state index in [1.807, 2.05) is 0 Å². The standard InChI is InChI=1S/C12H20O/c1-9-8-11(2,3)12(4,5)10(9)6-7-13/h7H,6,8H2,1-5H3. The molecular formula is C12H20O. The van der Waals surface area contributed by atoms with Crippen LogP contribution in [0.4, 0.5) is 0 Å². The topological polar surface area (TPSA) is 17.1 Å². The van der Waals surface area contributed by atoms with Crippen molar-refractivity contribution in [3.63, 3.8) is 0 Å². The molecular weight excluding hydrogens is 160 g/mol. The smallest absolute Gasteiger partial charge is 0.124 e. The second kappa shape index (κ2) is 2.97. The fourth-order valence-electron chi connectivity index (χ4n) is 2.45. The molecule has 0 radical (unpaired) electrons. The van der Waals surface area contributed by atoms with Gasteiger partial charge in [-0.3, -0.25) is 0 Å². The van der Waals surface area contributed by atoms with Gasteiger partial charge in [-0.25, -0.2) is 0 Å². The van der Waals surface area contributed by atoms with E-state index in [2.05, 4.69) is 34.6 Å². The number of carbonyl (C=O) groups is 1. The lowest BCUT2D eigenvalue weighted by Gasteiger charge is -2.37. The summed E-state index contributed by atoms with van der Waals surface area (Å²) < 4.78 is 0. The highest BCUT2D eigenvalue weighted by atomic mass is 16.1. The molecule has 0 fully saturated rings. The molecule has 0 aromatic heterocycles. The molecule has 1 nitrogen and oxygen atoms in total. The van der Waals surface area contributed by atoms with Gasteiger partial charge in [0.15, 0.2) is 0 Å². The normalized spacial score (nSPS) is 25.0. The lowest BCUT2D eigenvalue weighted by Crippen LogP contribution is -2.29. The summed E-state index contributed by atoms with van der Waals surface area (Å²) in [5, 5.41) is 0. The Kier molecular flexibility index (Phi) is 2.40. The Bertz CT molecular complexity index is 256. The number of hydrogen-bond acceptors (Lipinski definition) is 1. The van der Waals surface area contributed by atoms with Gasteiger partial charge >= 0.3 is 0 Å². The zero-order chi connectivity index (χ0) is 10.3. The molecule has 0 saturated heterocycles. The van der Waals surface area contributed by atoms with Crippen LogP contribution in [0.1, 0.15) is 47.5 Å². The molecule has 0 atom stereocenters. The van der Waals surface area contributed by atoms with Crippen LogP contribution in [-0.4, -0.2) is 6.29 Å². The van der Waals surface area contributed by atoms with Crippen LogP contribution in [0.5, 0.6) is 0 Å². The van der Waals surface area contributed by atoms with Gasteiger partial charge in [0, 0.05) is 6.42 Å². The van der Waals surface area contributed by atoms with Crippen molar-refractivity contribution in [2.75, 3.05) is 0 Å². The fourth-order valence-corrected chi connectivity index (χ4v) is 2.45. The van der Waals surface area contributed by atoms with Crippen molar-refractivity contribution in [2.45, 2.75) is 47.5 Å². The Labute approximate surface area is 81.2 Å². The summed E-state index contributed by atoms with van der Waals surface area (Å²) >= 11 is 0. The van der Waals surface area contributed by atoms with E-state index in [-0.39, 0.29) is 5.41 Å². The molecule has 1 rings (SSSR count). The number of hydrogen-bond donors (Lipinski definition) is 0. The number of carbonyl (C=O) groups excluding carboxylic acids is 1. The van der Waals surface area contributed by atoms with Crippen molar-refractivity contribution >= 4 is 6.29 Å². The Morgan fingerprint density at radius 1 is 1.31 bits per heavy atom. The minimum absolute atomic E-state index is 0.179. The van der Waals surface area contributed by atoms with Crippen molar-refractivity contribution in [3.05, 3.63) is 11.1 Å². The quantitative estimate of drug-likeness (QED) is 0.470. The van der Waals surface area contributed by atoms with Crippen LogP contribution in [0, 0.1) is 10.8 Å². The van der Waals surface area contributed by atoms with Gasteiger partial charge in [0.05, 0.1) is 0 Å². The third-order valence-electron chi connectivity index (χ3n) is 3.96. The molecule has 0 N–H and O–H groups in total. The summed E-state index contributed by atoms with van der Waals surface area (Å²) in [4.78, 5) is 10.6. The SMILES string of the molecule is CC1=C(CC=O)C(C)(C)C(C)(C)C1. The van der Waals surface area contributed by atoms with E-state index in [1.54, 1.807) is 0 Å². The number of aldehydes is 1. The fraction of sp³-hybridized carbons (Fsp3) is 0.750. The van der Waals surface area contributed by atoms with E-state index >= 15 is 0 Å². The molecule has 0 saturated carbocycles. The first-order valence-electron chi connectivity index (χ1n) is 4.95. The summed E-state index contributed by atoms with van der Waals surface area (Å²) in [6.07, 6.45) is 2.77. The van der Waals surface area contributed by atoms with E-state index in [1.165, 1.54) is 11.1 Å². The molecule has 0 bridgehead atoms. The van der Waals surface area contributed by atoms with Crippen molar-refractivity contribution in [1.29, 1.82) is 0 Å². The summed E-state index contributed by atoms with van der Waals surface area (Å²) in [5.41, 5.74) is 3.25. The van der Waals surface area contributed by atoms with Crippen molar-refractivity contribution in [3.8, 4) is 0 Å². The monoisotopic (exact) mass is 180 g/mol. The predicted molar refractivity (Wildman–Crippen MR) is 55.6 cm³/mol. The van der Waals surface area contributed by atoms with Gasteiger partial charge < -0.3 is 4.79 Å². The number of allylic oxidation sites excluding steroid dienone is 2. The minimum atomic E-state index is 0.179. The number of rotatable bonds is 2. The van der Waals surface area contributed by atoms with Crippen molar-refractivity contribution < 1.29 is 4.79 Å². The second-order valence-corrected chi connectivity index (χ2v) is 5.32. The van der Waals surface area contributed by atoms with Crippen LogP contribution >= 0.6 is 0 Å². The van der Waals surface area contributed by atoms with Gasteiger partial charge in [0.25, 0.3) is 0 Å². The third kappa shape index (κ3) is 1.45. The molecule has 0 aromatic carbocycles. The summed E-state index contributed by atoms with van der Waals surface area (Å²) in [7, 11) is 0. The first kappa shape index (κ1) is 10.5. The van der Waals surface area contributed by atoms with Gasteiger partial charge in [0.1, 0.15) is 6.29 Å². The maximum atomic E-state index is 10.6. The lowest BCUT2D eigenvalue weighted by molar-refractivity contribution is -0.107. The maximum absolute atomic E-state index is 10.6. The Balaban J connectivity index is 3.06. The molecule has 0 spiro atoms. The van der Waals surface area contributed by atoms with Crippen LogP contribution in [0.25, 0.3) is 0 Å². The van der Waals surface area contributed by atoms with Crippen molar-refractivity contribution in [2.24, 2.45) is 10.8 Å². The third-order valence-corrected chi connectivity index (χ3v) is 3.96. The molecule has 74 valence electrons. The van der Waals surface area contributed by atoms with E-state index in [0.29, 0.717) is 11.8 Å². The van der Waals surface area contributed by atoms with Gasteiger partial charge in [0.2, 0.25) is 0 Å². The van der Waals surface area contributed by atoms with Crippen LogP contribution in [-0.2, 0) is 4.79 Å². The zero-order valence-electron chi connectivity index (χ0n) is 9.40. The van der Waals surface area contributed by atoms with Crippen LogP contribution in [0.3, 0.4) is 0 Å². The maximum Gasteiger partial charge on any atom is 0.124 e. The van der Waals surface area contributed by atoms with Gasteiger partial charge in [-0.2, -0.15) is 0 Å². The average Bonchev–Trinajstić information content (AvgIpc) is 2.10. The molecule has 0 heterocycles. The van der Waals surface area contributed by atoms with E-state index < -0.39 is 0 Å². The first-order valence-corrected chi connectivity index (χ1v) is 4.95. The van der Waals surface area contributed by atoms with Crippen LogP contribution in [0.2, 0.25) is 0 Å². The first-order chi connectivity index (χ1) is 5.83. The van der Waals surface area contributed by atoms with Gasteiger partial charge in [-0.1, -0.05) is 38.8 Å². The summed E-state index contributed by atoms with van der Waals surface area (Å²) in [6.45, 7) is 11.2. The molecule has 1 aliphatic carbocycles. The van der Waals surface area contributed by atoms with E-state index in [0.717, 1.165) is 12.7 Å². The largest absolute Gasteiger partial charge is 0.303 e. The second-order valence-electron chi connectivity index (χ2n) is 5.32. The van der Waals surface area contributed by atoms with E-state index in [4.69, 9.17) is 0 Å². The molecule has 0 aromatic rings. The minimum Gasteiger partial charge on any atom is -0.303 e. The van der Waals surface area contributed by atoms with E-state index in [9.17, 15) is 4.79 Å². The zero-order valence-corrected chi connectivity index (χ0v) is 9.40. The highest BCUT2D eigenvalue weighted by Gasteiger charge is 2.45. The van der Waals surface area contributed by atoms with Crippen molar-refractivity contribution in [1.82, 2.24) is 0 Å². The molecule has 0 aliphatic heterocycles. The molecule has 0 unspecified atom stereocenters. The Morgan fingerprint density at radius 3 is 2.15 bits per heavy atom. The predicted octanol–water partition coefficient (Wildman–Crippen LogP) is 3.35. The highest BCUT2D eigenvalue weighted by Crippen LogP contribution is 2.55.